The molecule has 1 aromatic rings. The molecule has 5 heteroatoms. The van der Waals surface area contributed by atoms with Crippen molar-refractivity contribution in [3.05, 3.63) is 32.9 Å². The average Bonchev–Trinajstić information content (AvgIpc) is 2.19. The molecule has 0 aromatic heterocycles. The van der Waals surface area contributed by atoms with Crippen LogP contribution in [0.5, 0.6) is 0 Å². The third-order valence-electron chi connectivity index (χ3n) is 2.86. The zero-order chi connectivity index (χ0) is 12.6. The monoisotopic (exact) mass is 351 g/mol. The summed E-state index contributed by atoms with van der Waals surface area (Å²) in [7, 11) is 0. The molecule has 1 aromatic carbocycles. The highest BCUT2D eigenvalue weighted by Crippen LogP contribution is 2.37. The number of alkyl halides is 2. The number of carbonyl (C=O) groups excluding carboxylic acids is 1. The van der Waals surface area contributed by atoms with Gasteiger partial charge in [0.25, 0.3) is 11.8 Å². The minimum atomic E-state index is -2.60. The van der Waals surface area contributed by atoms with Crippen molar-refractivity contribution in [3.63, 3.8) is 0 Å². The van der Waals surface area contributed by atoms with Gasteiger partial charge in [0.15, 0.2) is 0 Å². The number of benzene rings is 1. The number of carbonyl (C=O) groups is 1. The lowest BCUT2D eigenvalue weighted by atomic mass is 9.88. The van der Waals surface area contributed by atoms with Gasteiger partial charge in [-0.15, -0.1) is 0 Å². The Morgan fingerprint density at radius 2 is 2.12 bits per heavy atom. The van der Waals surface area contributed by atoms with E-state index in [-0.39, 0.29) is 18.7 Å². The van der Waals surface area contributed by atoms with Crippen molar-refractivity contribution in [1.29, 1.82) is 0 Å². The number of hydrogen-bond donors (Lipinski definition) is 1. The third kappa shape index (κ3) is 2.75. The first kappa shape index (κ1) is 12.7. The molecule has 92 valence electrons. The molecule has 0 atom stereocenters. The molecule has 0 aliphatic heterocycles. The summed E-state index contributed by atoms with van der Waals surface area (Å²) in [5.41, 5.74) is 1.57. The summed E-state index contributed by atoms with van der Waals surface area (Å²) in [5, 5.41) is 2.63. The topological polar surface area (TPSA) is 29.1 Å². The van der Waals surface area contributed by atoms with Crippen molar-refractivity contribution >= 4 is 28.5 Å². The maximum absolute atomic E-state index is 12.6. The summed E-state index contributed by atoms with van der Waals surface area (Å²) in [6.07, 6.45) is -0.498. The quantitative estimate of drug-likeness (QED) is 0.815. The van der Waals surface area contributed by atoms with Gasteiger partial charge in [-0.25, -0.2) is 8.78 Å². The Morgan fingerprint density at radius 3 is 2.71 bits per heavy atom. The maximum atomic E-state index is 12.6. The maximum Gasteiger partial charge on any atom is 0.252 e. The van der Waals surface area contributed by atoms with Crippen LogP contribution in [-0.4, -0.2) is 17.9 Å². The molecule has 0 spiro atoms. The normalized spacial score (nSPS) is 18.6. The fourth-order valence-corrected chi connectivity index (χ4v) is 2.45. The average molecular weight is 351 g/mol. The van der Waals surface area contributed by atoms with Crippen molar-refractivity contribution in [2.75, 3.05) is 0 Å². The van der Waals surface area contributed by atoms with Crippen molar-refractivity contribution in [2.45, 2.75) is 31.7 Å². The van der Waals surface area contributed by atoms with E-state index >= 15 is 0 Å². The van der Waals surface area contributed by atoms with Crippen LogP contribution in [0.2, 0.25) is 0 Å². The van der Waals surface area contributed by atoms with Gasteiger partial charge in [0, 0.05) is 22.5 Å². The standard InChI is InChI=1S/C12H12F2INO/c1-7-3-2-4-9(10(7)15)11(17)16-8-5-12(13,14)6-8/h2-4,8H,5-6H2,1H3,(H,16,17). The Kier molecular flexibility index (Phi) is 3.38. The first-order valence-corrected chi connectivity index (χ1v) is 6.41. The van der Waals surface area contributed by atoms with E-state index in [1.54, 1.807) is 12.1 Å². The number of rotatable bonds is 2. The highest BCUT2D eigenvalue weighted by atomic mass is 127. The molecule has 17 heavy (non-hydrogen) atoms. The Balaban J connectivity index is 2.04. The van der Waals surface area contributed by atoms with E-state index in [4.69, 9.17) is 0 Å². The van der Waals surface area contributed by atoms with Crippen LogP contribution in [0.3, 0.4) is 0 Å². The van der Waals surface area contributed by atoms with E-state index < -0.39 is 12.0 Å². The van der Waals surface area contributed by atoms with Crippen LogP contribution in [-0.2, 0) is 0 Å². The van der Waals surface area contributed by atoms with Gasteiger partial charge in [-0.2, -0.15) is 0 Å². The Bertz CT molecular complexity index is 454. The minimum Gasteiger partial charge on any atom is -0.349 e. The Labute approximate surface area is 112 Å². The summed E-state index contributed by atoms with van der Waals surface area (Å²) >= 11 is 2.09. The van der Waals surface area contributed by atoms with Crippen LogP contribution in [0.1, 0.15) is 28.8 Å². The smallest absolute Gasteiger partial charge is 0.252 e. The van der Waals surface area contributed by atoms with Crippen LogP contribution >= 0.6 is 22.6 Å². The van der Waals surface area contributed by atoms with Gasteiger partial charge >= 0.3 is 0 Å². The molecule has 2 rings (SSSR count). The summed E-state index contributed by atoms with van der Waals surface area (Å²) in [4.78, 5) is 11.9. The van der Waals surface area contributed by atoms with Gasteiger partial charge < -0.3 is 5.32 Å². The van der Waals surface area contributed by atoms with Gasteiger partial charge in [0.2, 0.25) is 0 Å². The van der Waals surface area contributed by atoms with Gasteiger partial charge in [0.05, 0.1) is 5.56 Å². The number of aryl methyl sites for hydroxylation is 1. The lowest BCUT2D eigenvalue weighted by Gasteiger charge is -2.35. The molecule has 0 bridgehead atoms. The van der Waals surface area contributed by atoms with E-state index in [9.17, 15) is 13.6 Å². The minimum absolute atomic E-state index is 0.249. The van der Waals surface area contributed by atoms with Gasteiger partial charge in [0.1, 0.15) is 0 Å². The van der Waals surface area contributed by atoms with E-state index in [1.807, 2.05) is 13.0 Å². The fraction of sp³-hybridized carbons (Fsp3) is 0.417. The van der Waals surface area contributed by atoms with Crippen molar-refractivity contribution in [3.8, 4) is 0 Å². The zero-order valence-corrected chi connectivity index (χ0v) is 11.4. The molecule has 0 heterocycles. The summed E-state index contributed by atoms with van der Waals surface area (Å²) in [5.74, 6) is -2.86. The Morgan fingerprint density at radius 1 is 1.47 bits per heavy atom. The van der Waals surface area contributed by atoms with E-state index in [0.717, 1.165) is 9.13 Å². The number of hydrogen-bond acceptors (Lipinski definition) is 1. The van der Waals surface area contributed by atoms with Gasteiger partial charge in [-0.05, 0) is 41.1 Å². The van der Waals surface area contributed by atoms with Crippen LogP contribution in [0.4, 0.5) is 8.78 Å². The summed E-state index contributed by atoms with van der Waals surface area (Å²) in [6, 6.07) is 5.02. The molecule has 0 radical (unpaired) electrons. The first-order chi connectivity index (χ1) is 7.89. The fourth-order valence-electron chi connectivity index (χ4n) is 1.85. The second-order valence-electron chi connectivity index (χ2n) is 4.37. The second-order valence-corrected chi connectivity index (χ2v) is 5.45. The summed E-state index contributed by atoms with van der Waals surface area (Å²) in [6.45, 7) is 1.91. The van der Waals surface area contributed by atoms with E-state index in [2.05, 4.69) is 27.9 Å². The molecular formula is C12H12F2INO. The number of halogens is 3. The molecule has 1 N–H and O–H groups in total. The molecule has 0 unspecified atom stereocenters. The molecule has 1 aliphatic rings. The molecule has 1 saturated carbocycles. The molecule has 1 amide bonds. The summed E-state index contributed by atoms with van der Waals surface area (Å²) < 4.78 is 26.1. The Hall–Kier alpha value is -0.720. The lowest BCUT2D eigenvalue weighted by molar-refractivity contribution is -0.0901. The predicted octanol–water partition coefficient (Wildman–Crippen LogP) is 3.13. The number of nitrogens with one attached hydrogen (secondary N) is 1. The molecular weight excluding hydrogens is 339 g/mol. The number of amides is 1. The largest absolute Gasteiger partial charge is 0.349 e. The molecule has 1 fully saturated rings. The van der Waals surface area contributed by atoms with Crippen molar-refractivity contribution < 1.29 is 13.6 Å². The molecule has 1 aliphatic carbocycles. The SMILES string of the molecule is Cc1cccc(C(=O)NC2CC(F)(F)C2)c1I. The van der Waals surface area contributed by atoms with Crippen LogP contribution in [0.15, 0.2) is 18.2 Å². The first-order valence-electron chi connectivity index (χ1n) is 5.33. The second kappa shape index (κ2) is 4.51. The molecule has 0 saturated heterocycles. The van der Waals surface area contributed by atoms with Crippen LogP contribution < -0.4 is 5.32 Å². The lowest BCUT2D eigenvalue weighted by Crippen LogP contribution is -2.50. The van der Waals surface area contributed by atoms with Crippen LogP contribution in [0, 0.1) is 10.5 Å². The zero-order valence-electron chi connectivity index (χ0n) is 9.27. The van der Waals surface area contributed by atoms with Gasteiger partial charge in [-0.3, -0.25) is 4.79 Å². The predicted molar refractivity (Wildman–Crippen MR) is 69.3 cm³/mol. The van der Waals surface area contributed by atoms with Crippen LogP contribution in [0.25, 0.3) is 0 Å². The highest BCUT2D eigenvalue weighted by molar-refractivity contribution is 14.1. The van der Waals surface area contributed by atoms with Gasteiger partial charge in [-0.1, -0.05) is 12.1 Å². The molecule has 2 nitrogen and oxygen atoms in total. The highest BCUT2D eigenvalue weighted by Gasteiger charge is 2.46. The van der Waals surface area contributed by atoms with Crippen molar-refractivity contribution in [1.82, 2.24) is 5.32 Å². The van der Waals surface area contributed by atoms with E-state index in [1.165, 1.54) is 0 Å². The van der Waals surface area contributed by atoms with Crippen molar-refractivity contribution in [2.24, 2.45) is 0 Å². The third-order valence-corrected chi connectivity index (χ3v) is 4.29. The van der Waals surface area contributed by atoms with E-state index in [0.29, 0.717) is 5.56 Å².